The summed E-state index contributed by atoms with van der Waals surface area (Å²) in [5, 5.41) is 57.0. The lowest BCUT2D eigenvalue weighted by Gasteiger charge is -2.33. The molecule has 8 rings (SSSR count). The average molecular weight is 1150 g/mol. The monoisotopic (exact) mass is 1140 g/mol. The molecule has 1 N–H and O–H groups in total. The molecule has 84 heavy (non-hydrogen) atoms. The molecule has 2 heterocycles. The Hall–Kier alpha value is -8.44. The number of carbonyl (C=O) groups excluding carboxylic acids is 2. The third-order valence-corrected chi connectivity index (χ3v) is 13.2. The molecule has 0 atom stereocenters. The van der Waals surface area contributed by atoms with Crippen molar-refractivity contribution in [2.45, 2.75) is 112 Å². The van der Waals surface area contributed by atoms with Gasteiger partial charge in [-0.1, -0.05) is 141 Å². The second-order valence-electron chi connectivity index (χ2n) is 21.3. The van der Waals surface area contributed by atoms with Crippen LogP contribution in [0.15, 0.2) is 109 Å². The fourth-order valence-electron chi connectivity index (χ4n) is 9.94. The van der Waals surface area contributed by atoms with Gasteiger partial charge < -0.3 is 9.47 Å². The normalized spacial score (nSPS) is 11.5. The first kappa shape index (κ1) is 61.6. The highest BCUT2D eigenvalue weighted by atomic mass is 18.0. The quantitative estimate of drug-likeness (QED) is 0.00684. The molecule has 8 aromatic rings. The van der Waals surface area contributed by atoms with E-state index in [0.29, 0.717) is 6.61 Å². The minimum Gasteiger partial charge on any atom is -0.494 e. The number of pyridine rings is 2. The van der Waals surface area contributed by atoms with Crippen LogP contribution in [0, 0.1) is 49.4 Å². The molecular formula is C64H60N2O18. The molecule has 0 unspecified atom stereocenters. The molecule has 434 valence electrons. The molecule has 20 heteroatoms. The van der Waals surface area contributed by atoms with Crippen LogP contribution in [0.25, 0.3) is 76.7 Å². The number of ether oxygens (including phenoxy) is 2. The third-order valence-electron chi connectivity index (χ3n) is 13.2. The molecule has 0 bridgehead atoms. The molecule has 20 nitrogen and oxygen atoms in total. The Morgan fingerprint density at radius 1 is 0.464 bits per heavy atom. The first-order chi connectivity index (χ1) is 40.5. The van der Waals surface area contributed by atoms with E-state index in [0.717, 1.165) is 106 Å². The Kier molecular flexibility index (Phi) is 21.4. The topological polar surface area (TPSA) is 219 Å². The molecule has 2 aromatic heterocycles. The van der Waals surface area contributed by atoms with E-state index in [4.69, 9.17) is 24.7 Å². The summed E-state index contributed by atoms with van der Waals surface area (Å²) < 4.78 is 11.8. The molecule has 0 fully saturated rings. The molecule has 0 saturated heterocycles. The van der Waals surface area contributed by atoms with Gasteiger partial charge in [0.05, 0.1) is 17.6 Å². The van der Waals surface area contributed by atoms with Gasteiger partial charge >= 0.3 is 11.9 Å². The maximum absolute atomic E-state index is 12.8. The van der Waals surface area contributed by atoms with Gasteiger partial charge in [0, 0.05) is 70.8 Å². The Labute approximate surface area is 483 Å². The molecule has 0 amide bonds. The molecule has 0 aliphatic rings. The van der Waals surface area contributed by atoms with Gasteiger partial charge in [-0.2, -0.15) is 0 Å². The average Bonchev–Trinajstić information content (AvgIpc) is 0.885. The summed E-state index contributed by atoms with van der Waals surface area (Å²) in [4.78, 5) is 38.8. The molecule has 0 spiro atoms. The Morgan fingerprint density at radius 2 is 0.940 bits per heavy atom. The van der Waals surface area contributed by atoms with Crippen LogP contribution in [-0.2, 0) is 85.8 Å². The number of fused-ring (bicyclic) bond motifs is 5. The van der Waals surface area contributed by atoms with Crippen LogP contribution in [0.5, 0.6) is 11.5 Å². The van der Waals surface area contributed by atoms with Crippen molar-refractivity contribution in [3.63, 3.8) is 0 Å². The van der Waals surface area contributed by atoms with Crippen LogP contribution in [0.4, 0.5) is 0 Å². The molecule has 0 radical (unpaired) electrons. The number of hydrogen-bond donors (Lipinski definition) is 1. The van der Waals surface area contributed by atoms with E-state index in [-0.39, 0.29) is 16.6 Å². The van der Waals surface area contributed by atoms with E-state index in [9.17, 15) is 9.59 Å². The lowest BCUT2D eigenvalue weighted by Crippen LogP contribution is -2.23. The van der Waals surface area contributed by atoms with Gasteiger partial charge in [-0.3, -0.25) is 14.9 Å². The summed E-state index contributed by atoms with van der Waals surface area (Å²) in [5.41, 5.74) is 12.1. The van der Waals surface area contributed by atoms with Crippen LogP contribution in [0.2, 0.25) is 0 Å². The maximum atomic E-state index is 12.8. The molecule has 0 saturated carbocycles. The minimum atomic E-state index is -1.29. The number of benzene rings is 6. The number of aromatic nitrogens is 2. The highest BCUT2D eigenvalue weighted by molar-refractivity contribution is 6.22. The summed E-state index contributed by atoms with van der Waals surface area (Å²) in [7, 11) is 0. The van der Waals surface area contributed by atoms with Crippen LogP contribution in [0.3, 0.4) is 0 Å². The van der Waals surface area contributed by atoms with Gasteiger partial charge in [0.2, 0.25) is 0 Å². The number of nitrogens with zero attached hydrogens (tertiary/aromatic N) is 2. The highest BCUT2D eigenvalue weighted by Crippen LogP contribution is 2.48. The van der Waals surface area contributed by atoms with Crippen molar-refractivity contribution in [2.75, 3.05) is 6.61 Å². The standard InChI is InChI=1S/C64H60N2O18/c1-10-11-12-13-16-19-34-70-47-28-23-43(24-29-47)58-49-32-22-41(2)35-51(49)57(44-25-30-48(31-26-44)71-55(67)20-17-14-15-18-21-56(68)72-74-76-78-80-82-84-83-81-79-77-75-73-69)50-33-27-45(37-52(50)58)46-38-54-60(64(7,8)9)59(63(4,5)6)53-36-42(3)39-65-61(53)62(54)66-40-46/h22-33,35-40,69H,10-13,16,19,34H2,1-9H3. The third kappa shape index (κ3) is 16.0. The zero-order valence-corrected chi connectivity index (χ0v) is 47.6. The first-order valence-electron chi connectivity index (χ1n) is 26.7. The maximum Gasteiger partial charge on any atom is 0.421 e. The predicted molar refractivity (Wildman–Crippen MR) is 305 cm³/mol. The Balaban J connectivity index is 1.08. The van der Waals surface area contributed by atoms with Gasteiger partial charge in [0.1, 0.15) is 11.5 Å². The van der Waals surface area contributed by atoms with Crippen molar-refractivity contribution in [1.29, 1.82) is 0 Å². The number of unbranched alkanes of at least 4 members (excludes halogenated alkanes) is 5. The first-order valence-corrected chi connectivity index (χ1v) is 26.7. The van der Waals surface area contributed by atoms with Gasteiger partial charge in [0.15, 0.2) is 0 Å². The Bertz CT molecular complexity index is 3840. The number of rotatable bonds is 24. The number of hydrogen-bond acceptors (Lipinski definition) is 20. The predicted octanol–water partition coefficient (Wildman–Crippen LogP) is 14.2. The number of aryl methyl sites for hydroxylation is 2. The van der Waals surface area contributed by atoms with E-state index >= 15 is 0 Å². The second kappa shape index (κ2) is 29.2. The molecular weight excluding hydrogens is 1080 g/mol. The van der Waals surface area contributed by atoms with E-state index in [1.54, 1.807) is 12.1 Å². The SMILES string of the molecule is CCCCCCCCOc1ccc(-c2c3ccc(C)cc3c(-c3ccc(OC(=O)C#CC#CC#CC(=O)OOOOOOOOOOOOOO)cc3)c3ccc(-c4cnc5c(c4)c(C(C)(C)C)c(C(C)(C)C)c4cc(C)cnc45)cc23)cc1. The molecule has 0 aliphatic carbocycles. The van der Waals surface area contributed by atoms with Crippen molar-refractivity contribution < 1.29 is 89.7 Å². The van der Waals surface area contributed by atoms with E-state index in [2.05, 4.69) is 230 Å². The summed E-state index contributed by atoms with van der Waals surface area (Å²) >= 11 is 0. The van der Waals surface area contributed by atoms with Crippen LogP contribution in [-0.4, -0.2) is 33.8 Å². The van der Waals surface area contributed by atoms with E-state index in [1.807, 2.05) is 30.4 Å². The van der Waals surface area contributed by atoms with Gasteiger partial charge in [-0.15, -0.1) is 0 Å². The second-order valence-corrected chi connectivity index (χ2v) is 21.3. The van der Waals surface area contributed by atoms with Gasteiger partial charge in [0.25, 0.3) is 0 Å². The zero-order chi connectivity index (χ0) is 59.6. The summed E-state index contributed by atoms with van der Waals surface area (Å²) in [5.74, 6) is 12.1. The highest BCUT2D eigenvalue weighted by Gasteiger charge is 2.31. The summed E-state index contributed by atoms with van der Waals surface area (Å²) in [6.45, 7) is 20.8. The lowest BCUT2D eigenvalue weighted by molar-refractivity contribution is -0.874. The molecule has 0 aliphatic heterocycles. The van der Waals surface area contributed by atoms with Crippen LogP contribution >= 0.6 is 0 Å². The number of esters is 1. The van der Waals surface area contributed by atoms with Crippen LogP contribution < -0.4 is 9.47 Å². The van der Waals surface area contributed by atoms with E-state index < -0.39 is 11.9 Å². The van der Waals surface area contributed by atoms with Gasteiger partial charge in [-0.05, 0) is 194 Å². The van der Waals surface area contributed by atoms with Crippen LogP contribution in [0.1, 0.15) is 109 Å². The minimum absolute atomic E-state index is 0.187. The fourth-order valence-corrected chi connectivity index (χ4v) is 9.94. The van der Waals surface area contributed by atoms with E-state index in [1.165, 1.54) is 36.8 Å². The van der Waals surface area contributed by atoms with Crippen molar-refractivity contribution in [3.05, 3.63) is 132 Å². The zero-order valence-electron chi connectivity index (χ0n) is 47.6. The molecule has 6 aromatic carbocycles. The van der Waals surface area contributed by atoms with Crippen molar-refractivity contribution in [3.8, 4) is 80.4 Å². The fraction of sp³-hybridized carbons (Fsp3) is 0.281. The lowest BCUT2D eigenvalue weighted by atomic mass is 9.71. The van der Waals surface area contributed by atoms with Gasteiger partial charge in [-0.25, -0.2) is 14.8 Å². The smallest absolute Gasteiger partial charge is 0.421 e. The van der Waals surface area contributed by atoms with Crippen molar-refractivity contribution >= 4 is 55.3 Å². The summed E-state index contributed by atoms with van der Waals surface area (Å²) in [6, 6.07) is 33.5. The largest absolute Gasteiger partial charge is 0.494 e. The van der Waals surface area contributed by atoms with Crippen molar-refractivity contribution in [1.82, 2.24) is 9.97 Å². The Morgan fingerprint density at radius 3 is 1.54 bits per heavy atom. The summed E-state index contributed by atoms with van der Waals surface area (Å²) in [6.07, 6.45) is 11.0. The van der Waals surface area contributed by atoms with Crippen molar-refractivity contribution in [2.24, 2.45) is 0 Å². The number of carbonyl (C=O) groups is 2.